The van der Waals surface area contributed by atoms with E-state index in [0.717, 1.165) is 5.56 Å². The van der Waals surface area contributed by atoms with Gasteiger partial charge >= 0.3 is 0 Å². The van der Waals surface area contributed by atoms with Crippen molar-refractivity contribution in [1.82, 2.24) is 5.32 Å². The normalized spacial score (nSPS) is 21.7. The summed E-state index contributed by atoms with van der Waals surface area (Å²) in [5.41, 5.74) is 1.46. The third-order valence-electron chi connectivity index (χ3n) is 3.10. The van der Waals surface area contributed by atoms with Gasteiger partial charge in [0.15, 0.2) is 0 Å². The minimum absolute atomic E-state index is 0.00783. The van der Waals surface area contributed by atoms with E-state index in [-0.39, 0.29) is 31.6 Å². The lowest BCUT2D eigenvalue weighted by Gasteiger charge is -2.31. The summed E-state index contributed by atoms with van der Waals surface area (Å²) in [6, 6.07) is 6.56. The number of carbonyl (C=O) groups is 2. The fourth-order valence-corrected chi connectivity index (χ4v) is 2.16. The van der Waals surface area contributed by atoms with E-state index in [1.807, 2.05) is 0 Å². The summed E-state index contributed by atoms with van der Waals surface area (Å²) in [6.07, 6.45) is -0.406. The minimum Gasteiger partial charge on any atom is -0.394 e. The Morgan fingerprint density at radius 2 is 2.19 bits per heavy atom. The number of hydrogen-bond acceptors (Lipinski definition) is 5. The van der Waals surface area contributed by atoms with Gasteiger partial charge in [-0.15, -0.1) is 0 Å². The molecule has 0 bridgehead atoms. The van der Waals surface area contributed by atoms with Crippen LogP contribution in [0, 0.1) is 0 Å². The Balaban J connectivity index is 2.04. The summed E-state index contributed by atoms with van der Waals surface area (Å²) >= 11 is 0. The predicted molar refractivity (Wildman–Crippen MR) is 74.7 cm³/mol. The zero-order valence-corrected chi connectivity index (χ0v) is 11.7. The van der Waals surface area contributed by atoms with Gasteiger partial charge in [-0.2, -0.15) is 0 Å². The smallest absolute Gasteiger partial charge is 0.250 e. The lowest BCUT2D eigenvalue weighted by molar-refractivity contribution is -0.138. The molecule has 7 nitrogen and oxygen atoms in total. The van der Waals surface area contributed by atoms with Crippen molar-refractivity contribution in [3.63, 3.8) is 0 Å². The second kappa shape index (κ2) is 7.16. The molecular formula is C14H18N2O5. The molecule has 1 aromatic carbocycles. The number of aliphatic hydroxyl groups excluding tert-OH is 1. The van der Waals surface area contributed by atoms with Crippen LogP contribution in [-0.4, -0.2) is 49.9 Å². The standard InChI is InChI=1S/C14H18N2O5/c1-20-7-12(18)15-10-4-2-9(3-5-10)14-11(6-17)16-13(19)8-21-14/h2-5,11,14,17H,6-8H2,1H3,(H,15,18)(H,16,19). The van der Waals surface area contributed by atoms with Crippen molar-refractivity contribution in [3.05, 3.63) is 29.8 Å². The summed E-state index contributed by atoms with van der Waals surface area (Å²) in [5.74, 6) is -0.478. The highest BCUT2D eigenvalue weighted by Crippen LogP contribution is 2.25. The first-order chi connectivity index (χ1) is 10.1. The van der Waals surface area contributed by atoms with Crippen LogP contribution in [0.4, 0.5) is 5.69 Å². The highest BCUT2D eigenvalue weighted by atomic mass is 16.5. The van der Waals surface area contributed by atoms with E-state index in [2.05, 4.69) is 10.6 Å². The first-order valence-corrected chi connectivity index (χ1v) is 6.54. The fourth-order valence-electron chi connectivity index (χ4n) is 2.16. The summed E-state index contributed by atoms with van der Waals surface area (Å²) in [5, 5.41) is 14.7. The highest BCUT2D eigenvalue weighted by molar-refractivity contribution is 5.91. The zero-order valence-electron chi connectivity index (χ0n) is 11.7. The van der Waals surface area contributed by atoms with Crippen molar-refractivity contribution < 1.29 is 24.2 Å². The molecule has 2 rings (SSSR count). The van der Waals surface area contributed by atoms with Crippen molar-refractivity contribution in [1.29, 1.82) is 0 Å². The van der Waals surface area contributed by atoms with Gasteiger partial charge in [-0.25, -0.2) is 0 Å². The van der Waals surface area contributed by atoms with Crippen LogP contribution in [0.3, 0.4) is 0 Å². The number of hydrogen-bond donors (Lipinski definition) is 3. The average Bonchev–Trinajstić information content (AvgIpc) is 2.48. The van der Waals surface area contributed by atoms with Crippen molar-refractivity contribution in [3.8, 4) is 0 Å². The average molecular weight is 294 g/mol. The van der Waals surface area contributed by atoms with Crippen LogP contribution in [0.5, 0.6) is 0 Å². The Morgan fingerprint density at radius 1 is 1.48 bits per heavy atom. The van der Waals surface area contributed by atoms with Crippen molar-refractivity contribution >= 4 is 17.5 Å². The van der Waals surface area contributed by atoms with Gasteiger partial charge in [-0.1, -0.05) is 12.1 Å². The first-order valence-electron chi connectivity index (χ1n) is 6.54. The number of methoxy groups -OCH3 is 1. The maximum atomic E-state index is 11.4. The van der Waals surface area contributed by atoms with E-state index >= 15 is 0 Å². The molecule has 1 fully saturated rings. The van der Waals surface area contributed by atoms with Crippen molar-refractivity contribution in [2.24, 2.45) is 0 Å². The van der Waals surface area contributed by atoms with E-state index in [0.29, 0.717) is 5.69 Å². The molecule has 0 saturated carbocycles. The molecule has 2 unspecified atom stereocenters. The molecule has 0 radical (unpaired) electrons. The lowest BCUT2D eigenvalue weighted by Crippen LogP contribution is -2.49. The van der Waals surface area contributed by atoms with Gasteiger partial charge in [0.2, 0.25) is 11.8 Å². The molecule has 1 aliphatic heterocycles. The van der Waals surface area contributed by atoms with Crippen LogP contribution >= 0.6 is 0 Å². The van der Waals surface area contributed by atoms with Crippen LogP contribution in [0.15, 0.2) is 24.3 Å². The van der Waals surface area contributed by atoms with Crippen LogP contribution in [0.1, 0.15) is 11.7 Å². The predicted octanol–water partition coefficient (Wildman–Crippen LogP) is -0.180. The van der Waals surface area contributed by atoms with Gasteiger partial charge < -0.3 is 25.2 Å². The molecular weight excluding hydrogens is 276 g/mol. The second-order valence-electron chi connectivity index (χ2n) is 4.69. The topological polar surface area (TPSA) is 96.9 Å². The van der Waals surface area contributed by atoms with Gasteiger partial charge in [0.25, 0.3) is 0 Å². The summed E-state index contributed by atoms with van der Waals surface area (Å²) in [4.78, 5) is 22.6. The molecule has 2 atom stereocenters. The molecule has 1 aromatic rings. The third-order valence-corrected chi connectivity index (χ3v) is 3.10. The first kappa shape index (κ1) is 15.4. The van der Waals surface area contributed by atoms with Crippen LogP contribution in [0.25, 0.3) is 0 Å². The summed E-state index contributed by atoms with van der Waals surface area (Å²) in [7, 11) is 1.45. The van der Waals surface area contributed by atoms with Crippen LogP contribution in [0.2, 0.25) is 0 Å². The molecule has 3 N–H and O–H groups in total. The van der Waals surface area contributed by atoms with E-state index in [1.54, 1.807) is 24.3 Å². The van der Waals surface area contributed by atoms with Crippen LogP contribution in [-0.2, 0) is 19.1 Å². The largest absolute Gasteiger partial charge is 0.394 e. The summed E-state index contributed by atoms with van der Waals surface area (Å²) in [6.45, 7) is -0.248. The third kappa shape index (κ3) is 4.01. The van der Waals surface area contributed by atoms with Gasteiger partial charge in [0.05, 0.1) is 12.6 Å². The Labute approximate surface area is 122 Å². The lowest BCUT2D eigenvalue weighted by atomic mass is 10.0. The maximum Gasteiger partial charge on any atom is 0.250 e. The SMILES string of the molecule is COCC(=O)Nc1ccc(C2OCC(=O)NC2CO)cc1. The maximum absolute atomic E-state index is 11.4. The molecule has 114 valence electrons. The number of aliphatic hydroxyl groups is 1. The van der Waals surface area contributed by atoms with E-state index in [9.17, 15) is 14.7 Å². The minimum atomic E-state index is -0.472. The van der Waals surface area contributed by atoms with E-state index in [4.69, 9.17) is 9.47 Å². The highest BCUT2D eigenvalue weighted by Gasteiger charge is 2.30. The number of amides is 2. The number of rotatable bonds is 5. The molecule has 2 amide bonds. The monoisotopic (exact) mass is 294 g/mol. The molecule has 7 heteroatoms. The summed E-state index contributed by atoms with van der Waals surface area (Å²) < 4.78 is 10.2. The molecule has 1 heterocycles. The van der Waals surface area contributed by atoms with Gasteiger partial charge in [-0.3, -0.25) is 9.59 Å². The van der Waals surface area contributed by atoms with Crippen molar-refractivity contribution in [2.45, 2.75) is 12.1 Å². The second-order valence-corrected chi connectivity index (χ2v) is 4.69. The van der Waals surface area contributed by atoms with Gasteiger partial charge in [-0.05, 0) is 17.7 Å². The Hall–Kier alpha value is -1.96. The Kier molecular flexibility index (Phi) is 5.26. The number of benzene rings is 1. The van der Waals surface area contributed by atoms with Crippen molar-refractivity contribution in [2.75, 3.05) is 32.2 Å². The van der Waals surface area contributed by atoms with E-state index < -0.39 is 12.1 Å². The molecule has 0 spiro atoms. The zero-order chi connectivity index (χ0) is 15.2. The van der Waals surface area contributed by atoms with Gasteiger partial charge in [0, 0.05) is 12.8 Å². The Bertz CT molecular complexity index is 503. The van der Waals surface area contributed by atoms with E-state index in [1.165, 1.54) is 7.11 Å². The fraction of sp³-hybridized carbons (Fsp3) is 0.429. The quantitative estimate of drug-likeness (QED) is 0.700. The molecule has 0 aromatic heterocycles. The number of ether oxygens (including phenoxy) is 2. The van der Waals surface area contributed by atoms with Crippen LogP contribution < -0.4 is 10.6 Å². The number of morpholine rings is 1. The molecule has 0 aliphatic carbocycles. The number of nitrogens with one attached hydrogen (secondary N) is 2. The van der Waals surface area contributed by atoms with Gasteiger partial charge in [0.1, 0.15) is 19.3 Å². The Morgan fingerprint density at radius 3 is 2.81 bits per heavy atom. The number of anilines is 1. The molecule has 21 heavy (non-hydrogen) atoms. The number of carbonyl (C=O) groups excluding carboxylic acids is 2. The molecule has 1 saturated heterocycles. The molecule has 1 aliphatic rings.